The van der Waals surface area contributed by atoms with Gasteiger partial charge in [-0.25, -0.2) is 4.85 Å². The quantitative estimate of drug-likeness (QED) is 0.187. The second kappa shape index (κ2) is 9.80. The molecule has 0 N–H and O–H groups in total. The number of nitrogens with zero attached hydrogens (tertiary/aromatic N) is 2. The average molecular weight is 587 g/mol. The van der Waals surface area contributed by atoms with Crippen molar-refractivity contribution in [2.45, 2.75) is 19.3 Å². The van der Waals surface area contributed by atoms with Crippen molar-refractivity contribution in [3.8, 4) is 11.1 Å². The number of rotatable bonds is 3. The van der Waals surface area contributed by atoms with Gasteiger partial charge in [0.15, 0.2) is 5.69 Å². The van der Waals surface area contributed by atoms with E-state index in [9.17, 15) is 0 Å². The second-order valence-electron chi connectivity index (χ2n) is 12.9. The Kier molecular flexibility index (Phi) is 5.64. The lowest BCUT2D eigenvalue weighted by molar-refractivity contribution is 0.661. The lowest BCUT2D eigenvalue weighted by atomic mass is 9.81. The van der Waals surface area contributed by atoms with Gasteiger partial charge < -0.3 is 4.90 Å². The van der Waals surface area contributed by atoms with Crippen molar-refractivity contribution < 1.29 is 0 Å². The van der Waals surface area contributed by atoms with Crippen molar-refractivity contribution in [2.24, 2.45) is 0 Å². The van der Waals surface area contributed by atoms with Gasteiger partial charge in [-0.05, 0) is 90.3 Å². The molecule has 0 heterocycles. The highest BCUT2D eigenvalue weighted by Crippen LogP contribution is 2.57. The summed E-state index contributed by atoms with van der Waals surface area (Å²) in [5.74, 6) is 0. The molecule has 8 aromatic carbocycles. The average Bonchev–Trinajstić information content (AvgIpc) is 3.33. The third-order valence-corrected chi connectivity index (χ3v) is 9.99. The van der Waals surface area contributed by atoms with Gasteiger partial charge in [-0.3, -0.25) is 0 Å². The molecule has 1 aliphatic carbocycles. The largest absolute Gasteiger partial charge is 0.310 e. The molecule has 2 nitrogen and oxygen atoms in total. The molecule has 0 unspecified atom stereocenters. The van der Waals surface area contributed by atoms with E-state index in [2.05, 4.69) is 163 Å². The maximum Gasteiger partial charge on any atom is 0.195 e. The summed E-state index contributed by atoms with van der Waals surface area (Å²) in [4.78, 5) is 6.42. The zero-order valence-electron chi connectivity index (χ0n) is 25.8. The topological polar surface area (TPSA) is 7.60 Å². The fourth-order valence-electron chi connectivity index (χ4n) is 7.72. The van der Waals surface area contributed by atoms with E-state index in [-0.39, 0.29) is 5.41 Å². The molecule has 46 heavy (non-hydrogen) atoms. The predicted octanol–water partition coefficient (Wildman–Crippen LogP) is 12.6. The third-order valence-electron chi connectivity index (χ3n) is 9.99. The first-order valence-corrected chi connectivity index (χ1v) is 15.8. The van der Waals surface area contributed by atoms with Gasteiger partial charge in [0.25, 0.3) is 0 Å². The molecule has 0 spiro atoms. The summed E-state index contributed by atoms with van der Waals surface area (Å²) in [6.45, 7) is 12.7. The Labute approximate surface area is 268 Å². The van der Waals surface area contributed by atoms with Crippen LogP contribution in [0, 0.1) is 6.57 Å². The maximum atomic E-state index is 8.02. The molecule has 8 aromatic rings. The lowest BCUT2D eigenvalue weighted by Gasteiger charge is -2.30. The van der Waals surface area contributed by atoms with Gasteiger partial charge >= 0.3 is 0 Å². The van der Waals surface area contributed by atoms with E-state index in [1.807, 2.05) is 6.07 Å². The summed E-state index contributed by atoms with van der Waals surface area (Å²) >= 11 is 0. The molecular weight excluding hydrogens is 556 g/mol. The SMILES string of the molecule is [C-]#[N+]c1cc2c(c3ccccc13)-c1c(cc(N(c3ccc4ccccc4c3)c3ccc4ccccc4c3)c3ccccc13)C2(C)C. The summed E-state index contributed by atoms with van der Waals surface area (Å²) in [5, 5.41) is 9.46. The van der Waals surface area contributed by atoms with Crippen molar-refractivity contribution in [2.75, 3.05) is 4.90 Å². The molecule has 0 bridgehead atoms. The molecule has 0 atom stereocenters. The molecule has 9 rings (SSSR count). The standard InChI is InChI=1S/C44H30N2/c1-44(2)38-26-40(45-3)34-16-8-10-18-36(34)42(38)43-37-19-11-9-17-35(37)41(27-39(43)44)46(32-22-20-28-12-4-6-14-30(28)24-32)33-23-21-29-13-5-7-15-31(29)25-33/h4-27H,1-2H3. The van der Waals surface area contributed by atoms with Gasteiger partial charge in [0.1, 0.15) is 0 Å². The van der Waals surface area contributed by atoms with Crippen LogP contribution in [-0.2, 0) is 5.41 Å². The van der Waals surface area contributed by atoms with Crippen LogP contribution in [0.1, 0.15) is 25.0 Å². The highest BCUT2D eigenvalue weighted by Gasteiger charge is 2.39. The Morgan fingerprint density at radius 3 is 1.50 bits per heavy atom. The number of anilines is 3. The van der Waals surface area contributed by atoms with Gasteiger partial charge in [0, 0.05) is 22.2 Å². The second-order valence-corrected chi connectivity index (χ2v) is 12.9. The Balaban J connectivity index is 1.39. The lowest BCUT2D eigenvalue weighted by Crippen LogP contribution is -2.17. The fourth-order valence-corrected chi connectivity index (χ4v) is 7.72. The molecule has 0 amide bonds. The molecule has 0 radical (unpaired) electrons. The van der Waals surface area contributed by atoms with E-state index in [0.717, 1.165) is 27.8 Å². The zero-order valence-corrected chi connectivity index (χ0v) is 25.8. The molecule has 0 saturated carbocycles. The van der Waals surface area contributed by atoms with E-state index in [1.165, 1.54) is 54.6 Å². The van der Waals surface area contributed by atoms with Crippen LogP contribution in [0.25, 0.3) is 59.1 Å². The number of benzene rings is 8. The van der Waals surface area contributed by atoms with E-state index >= 15 is 0 Å². The Hall–Kier alpha value is -5.91. The molecule has 0 aliphatic heterocycles. The van der Waals surface area contributed by atoms with E-state index in [1.54, 1.807) is 0 Å². The number of hydrogen-bond donors (Lipinski definition) is 0. The monoisotopic (exact) mass is 586 g/mol. The first-order chi connectivity index (χ1) is 22.5. The minimum atomic E-state index is -0.300. The molecule has 1 aliphatic rings. The Morgan fingerprint density at radius 2 is 0.935 bits per heavy atom. The molecule has 0 fully saturated rings. The van der Waals surface area contributed by atoms with Gasteiger partial charge in [-0.15, -0.1) is 0 Å². The van der Waals surface area contributed by atoms with Crippen molar-refractivity contribution in [1.29, 1.82) is 0 Å². The minimum absolute atomic E-state index is 0.300. The van der Waals surface area contributed by atoms with Gasteiger partial charge in [0.05, 0.1) is 12.3 Å². The van der Waals surface area contributed by atoms with Crippen molar-refractivity contribution >= 4 is 65.8 Å². The molecule has 216 valence electrons. The highest BCUT2D eigenvalue weighted by molar-refractivity contribution is 6.17. The molecule has 0 saturated heterocycles. The van der Waals surface area contributed by atoms with E-state index < -0.39 is 0 Å². The Bertz CT molecular complexity index is 2500. The van der Waals surface area contributed by atoms with Gasteiger partial charge in [-0.1, -0.05) is 129 Å². The van der Waals surface area contributed by atoms with Crippen LogP contribution in [0.5, 0.6) is 0 Å². The van der Waals surface area contributed by atoms with Crippen molar-refractivity contribution in [3.63, 3.8) is 0 Å². The fraction of sp³-hybridized carbons (Fsp3) is 0.0682. The van der Waals surface area contributed by atoms with Crippen LogP contribution in [0.4, 0.5) is 22.7 Å². The first-order valence-electron chi connectivity index (χ1n) is 15.8. The van der Waals surface area contributed by atoms with E-state index in [0.29, 0.717) is 5.69 Å². The summed E-state index contributed by atoms with van der Waals surface area (Å²) in [6.07, 6.45) is 0. The molecule has 0 aromatic heterocycles. The molecule has 2 heteroatoms. The van der Waals surface area contributed by atoms with Crippen LogP contribution in [0.15, 0.2) is 146 Å². The minimum Gasteiger partial charge on any atom is -0.310 e. The van der Waals surface area contributed by atoms with Crippen molar-refractivity contribution in [1.82, 2.24) is 0 Å². The number of hydrogen-bond acceptors (Lipinski definition) is 1. The van der Waals surface area contributed by atoms with Crippen LogP contribution in [-0.4, -0.2) is 0 Å². The third kappa shape index (κ3) is 3.76. The van der Waals surface area contributed by atoms with Crippen LogP contribution >= 0.6 is 0 Å². The van der Waals surface area contributed by atoms with Crippen LogP contribution in [0.2, 0.25) is 0 Å². The van der Waals surface area contributed by atoms with Crippen molar-refractivity contribution in [3.05, 3.63) is 168 Å². The zero-order chi connectivity index (χ0) is 31.0. The summed E-state index contributed by atoms with van der Waals surface area (Å²) in [7, 11) is 0. The Morgan fingerprint density at radius 1 is 0.478 bits per heavy atom. The number of fused-ring (bicyclic) bond motifs is 9. The smallest absolute Gasteiger partial charge is 0.195 e. The normalized spacial score (nSPS) is 13.2. The predicted molar refractivity (Wildman–Crippen MR) is 195 cm³/mol. The van der Waals surface area contributed by atoms with Gasteiger partial charge in [-0.2, -0.15) is 0 Å². The van der Waals surface area contributed by atoms with Gasteiger partial charge in [0.2, 0.25) is 0 Å². The highest BCUT2D eigenvalue weighted by atomic mass is 15.1. The summed E-state index contributed by atoms with van der Waals surface area (Å²) in [5.41, 5.74) is 8.85. The first kappa shape index (κ1) is 26.5. The summed E-state index contributed by atoms with van der Waals surface area (Å²) in [6, 6.07) is 52.5. The molecular formula is C44H30N2. The summed E-state index contributed by atoms with van der Waals surface area (Å²) < 4.78 is 0. The van der Waals surface area contributed by atoms with Crippen LogP contribution in [0.3, 0.4) is 0 Å². The van der Waals surface area contributed by atoms with Crippen LogP contribution < -0.4 is 4.90 Å². The van der Waals surface area contributed by atoms with E-state index in [4.69, 9.17) is 6.57 Å². The maximum absolute atomic E-state index is 8.02.